The molecule has 2 nitrogen and oxygen atoms in total. The van der Waals surface area contributed by atoms with Crippen molar-refractivity contribution in [3.05, 3.63) is 12.7 Å². The lowest BCUT2D eigenvalue weighted by atomic mass is 9.81. The van der Waals surface area contributed by atoms with Gasteiger partial charge in [-0.25, -0.2) is 0 Å². The van der Waals surface area contributed by atoms with Gasteiger partial charge in [-0.3, -0.25) is 0 Å². The lowest BCUT2D eigenvalue weighted by Crippen LogP contribution is -2.38. The van der Waals surface area contributed by atoms with Crippen LogP contribution in [-0.4, -0.2) is 19.5 Å². The summed E-state index contributed by atoms with van der Waals surface area (Å²) in [5, 5.41) is 0. The van der Waals surface area contributed by atoms with Crippen LogP contribution in [0.15, 0.2) is 12.7 Å². The predicted octanol–water partition coefficient (Wildman–Crippen LogP) is 3.77. The van der Waals surface area contributed by atoms with E-state index in [1.165, 1.54) is 38.5 Å². The highest BCUT2D eigenvalue weighted by atomic mass is 16.7. The molecule has 1 saturated carbocycles. The minimum absolute atomic E-state index is 0.0777. The molecule has 17 heavy (non-hydrogen) atoms. The highest BCUT2D eigenvalue weighted by molar-refractivity contribution is 4.85. The number of hydrogen-bond acceptors (Lipinski definition) is 2. The quantitative estimate of drug-likeness (QED) is 0.694. The average Bonchev–Trinajstić information content (AvgIpc) is 2.40. The van der Waals surface area contributed by atoms with Gasteiger partial charge in [0, 0.05) is 11.8 Å². The van der Waals surface area contributed by atoms with Crippen LogP contribution in [0.2, 0.25) is 0 Å². The monoisotopic (exact) mass is 238 g/mol. The third kappa shape index (κ3) is 3.56. The normalized spacial score (nSPS) is 38.9. The van der Waals surface area contributed by atoms with Crippen molar-refractivity contribution in [3.8, 4) is 0 Å². The Labute approximate surface area is 105 Å². The van der Waals surface area contributed by atoms with Crippen molar-refractivity contribution in [2.75, 3.05) is 13.2 Å². The maximum atomic E-state index is 5.90. The summed E-state index contributed by atoms with van der Waals surface area (Å²) in [4.78, 5) is 0. The van der Waals surface area contributed by atoms with Crippen LogP contribution in [0.4, 0.5) is 0 Å². The summed E-state index contributed by atoms with van der Waals surface area (Å²) in [6, 6.07) is 0. The molecule has 1 saturated heterocycles. The maximum absolute atomic E-state index is 5.90. The Hall–Kier alpha value is -0.340. The molecular formula is C15H26O2. The topological polar surface area (TPSA) is 18.5 Å². The first-order chi connectivity index (χ1) is 8.33. The largest absolute Gasteiger partial charge is 0.352 e. The Morgan fingerprint density at radius 2 is 1.76 bits per heavy atom. The zero-order valence-corrected chi connectivity index (χ0v) is 11.1. The molecule has 0 spiro atoms. The SMILES string of the molecule is C=CC1CCC(C2OCC(CCC)CO2)CC1. The van der Waals surface area contributed by atoms with Crippen LogP contribution in [0.3, 0.4) is 0 Å². The van der Waals surface area contributed by atoms with E-state index in [-0.39, 0.29) is 6.29 Å². The van der Waals surface area contributed by atoms with Crippen molar-refractivity contribution in [2.24, 2.45) is 17.8 Å². The lowest BCUT2D eigenvalue weighted by molar-refractivity contribution is -0.229. The molecule has 0 aromatic rings. The molecule has 0 amide bonds. The highest BCUT2D eigenvalue weighted by Crippen LogP contribution is 2.34. The molecule has 2 rings (SSSR count). The van der Waals surface area contributed by atoms with Crippen molar-refractivity contribution >= 4 is 0 Å². The molecule has 0 aromatic heterocycles. The van der Waals surface area contributed by atoms with Gasteiger partial charge in [-0.1, -0.05) is 19.4 Å². The molecule has 0 atom stereocenters. The van der Waals surface area contributed by atoms with Crippen molar-refractivity contribution in [1.29, 1.82) is 0 Å². The predicted molar refractivity (Wildman–Crippen MR) is 69.7 cm³/mol. The maximum Gasteiger partial charge on any atom is 0.160 e. The third-order valence-electron chi connectivity index (χ3n) is 4.22. The molecule has 2 heteroatoms. The van der Waals surface area contributed by atoms with E-state index >= 15 is 0 Å². The summed E-state index contributed by atoms with van der Waals surface area (Å²) in [6.45, 7) is 7.92. The van der Waals surface area contributed by atoms with Crippen molar-refractivity contribution < 1.29 is 9.47 Å². The first-order valence-electron chi connectivity index (χ1n) is 7.19. The van der Waals surface area contributed by atoms with Crippen LogP contribution < -0.4 is 0 Å². The van der Waals surface area contributed by atoms with E-state index in [2.05, 4.69) is 19.6 Å². The molecule has 0 bridgehead atoms. The Bertz CT molecular complexity index is 223. The van der Waals surface area contributed by atoms with E-state index < -0.39 is 0 Å². The molecule has 1 aliphatic carbocycles. The number of allylic oxidation sites excluding steroid dienone is 1. The van der Waals surface area contributed by atoms with E-state index in [0.717, 1.165) is 19.1 Å². The standard InChI is InChI=1S/C15H26O2/c1-3-5-13-10-16-15(17-11-13)14-8-6-12(4-2)7-9-14/h4,12-15H,2-3,5-11H2,1H3. The molecule has 2 fully saturated rings. The minimum Gasteiger partial charge on any atom is -0.352 e. The molecule has 2 aliphatic rings. The van der Waals surface area contributed by atoms with E-state index in [4.69, 9.17) is 9.47 Å². The summed E-state index contributed by atoms with van der Waals surface area (Å²) < 4.78 is 11.8. The summed E-state index contributed by atoms with van der Waals surface area (Å²) >= 11 is 0. The van der Waals surface area contributed by atoms with Gasteiger partial charge in [0.05, 0.1) is 13.2 Å². The fourth-order valence-corrected chi connectivity index (χ4v) is 3.06. The third-order valence-corrected chi connectivity index (χ3v) is 4.22. The second-order valence-electron chi connectivity index (χ2n) is 5.60. The van der Waals surface area contributed by atoms with E-state index in [9.17, 15) is 0 Å². The van der Waals surface area contributed by atoms with Gasteiger partial charge in [-0.15, -0.1) is 6.58 Å². The van der Waals surface area contributed by atoms with Gasteiger partial charge in [-0.2, -0.15) is 0 Å². The van der Waals surface area contributed by atoms with Gasteiger partial charge in [0.15, 0.2) is 6.29 Å². The van der Waals surface area contributed by atoms with Crippen molar-refractivity contribution in [3.63, 3.8) is 0 Å². The minimum atomic E-state index is 0.0777. The van der Waals surface area contributed by atoms with Gasteiger partial charge in [0.25, 0.3) is 0 Å². The van der Waals surface area contributed by atoms with Crippen LogP contribution >= 0.6 is 0 Å². The van der Waals surface area contributed by atoms with Gasteiger partial charge in [0.2, 0.25) is 0 Å². The van der Waals surface area contributed by atoms with Crippen LogP contribution in [0.1, 0.15) is 45.4 Å². The summed E-state index contributed by atoms with van der Waals surface area (Å²) in [7, 11) is 0. The van der Waals surface area contributed by atoms with Crippen LogP contribution in [0, 0.1) is 17.8 Å². The van der Waals surface area contributed by atoms with Crippen molar-refractivity contribution in [1.82, 2.24) is 0 Å². The van der Waals surface area contributed by atoms with E-state index in [1.54, 1.807) is 0 Å². The molecule has 1 aliphatic heterocycles. The fourth-order valence-electron chi connectivity index (χ4n) is 3.06. The van der Waals surface area contributed by atoms with Gasteiger partial charge >= 0.3 is 0 Å². The lowest BCUT2D eigenvalue weighted by Gasteiger charge is -2.37. The first kappa shape index (κ1) is 13.1. The second-order valence-corrected chi connectivity index (χ2v) is 5.60. The van der Waals surface area contributed by atoms with Crippen LogP contribution in [-0.2, 0) is 9.47 Å². The Morgan fingerprint density at radius 3 is 2.29 bits per heavy atom. The average molecular weight is 238 g/mol. The molecule has 0 aromatic carbocycles. The summed E-state index contributed by atoms with van der Waals surface area (Å²) in [5.41, 5.74) is 0. The molecule has 0 radical (unpaired) electrons. The second kappa shape index (κ2) is 6.55. The molecule has 0 N–H and O–H groups in total. The highest BCUT2D eigenvalue weighted by Gasteiger charge is 2.31. The molecule has 98 valence electrons. The summed E-state index contributed by atoms with van der Waals surface area (Å²) in [5.74, 6) is 1.97. The fraction of sp³-hybridized carbons (Fsp3) is 0.867. The van der Waals surface area contributed by atoms with Gasteiger partial charge < -0.3 is 9.47 Å². The zero-order chi connectivity index (χ0) is 12.1. The van der Waals surface area contributed by atoms with E-state index in [1.807, 2.05) is 0 Å². The smallest absolute Gasteiger partial charge is 0.160 e. The van der Waals surface area contributed by atoms with Gasteiger partial charge in [0.1, 0.15) is 0 Å². The number of hydrogen-bond donors (Lipinski definition) is 0. The van der Waals surface area contributed by atoms with Gasteiger partial charge in [-0.05, 0) is 38.0 Å². The Balaban J connectivity index is 1.72. The van der Waals surface area contributed by atoms with Crippen LogP contribution in [0.25, 0.3) is 0 Å². The Kier molecular flexibility index (Phi) is 5.05. The summed E-state index contributed by atoms with van der Waals surface area (Å²) in [6.07, 6.45) is 9.64. The Morgan fingerprint density at radius 1 is 1.12 bits per heavy atom. The molecular weight excluding hydrogens is 212 g/mol. The zero-order valence-electron chi connectivity index (χ0n) is 11.1. The number of ether oxygens (including phenoxy) is 2. The number of rotatable bonds is 4. The molecule has 1 heterocycles. The van der Waals surface area contributed by atoms with Crippen molar-refractivity contribution in [2.45, 2.75) is 51.7 Å². The first-order valence-corrected chi connectivity index (χ1v) is 7.19. The van der Waals surface area contributed by atoms with Crippen LogP contribution in [0.5, 0.6) is 0 Å². The molecule has 0 unspecified atom stereocenters. The van der Waals surface area contributed by atoms with E-state index in [0.29, 0.717) is 11.8 Å².